The monoisotopic (exact) mass is 279 g/mol. The van der Waals surface area contributed by atoms with E-state index in [1.165, 1.54) is 0 Å². The molecule has 1 aromatic carbocycles. The van der Waals surface area contributed by atoms with Crippen molar-refractivity contribution >= 4 is 0 Å². The Kier molecular flexibility index (Phi) is 5.68. The maximum absolute atomic E-state index is 5.99. The fraction of sp³-hybridized carbons (Fsp3) is 0.625. The Bertz CT molecular complexity index is 416. The van der Waals surface area contributed by atoms with Gasteiger partial charge in [0.25, 0.3) is 0 Å². The molecule has 0 saturated carbocycles. The summed E-state index contributed by atoms with van der Waals surface area (Å²) in [6.45, 7) is 6.64. The first-order valence-corrected chi connectivity index (χ1v) is 7.40. The highest BCUT2D eigenvalue weighted by Gasteiger charge is 2.18. The minimum atomic E-state index is 0.225. The maximum atomic E-state index is 5.99. The first-order chi connectivity index (χ1) is 9.74. The summed E-state index contributed by atoms with van der Waals surface area (Å²) in [5.41, 5.74) is 1.16. The van der Waals surface area contributed by atoms with Gasteiger partial charge in [-0.2, -0.15) is 0 Å². The van der Waals surface area contributed by atoms with Crippen molar-refractivity contribution in [3.05, 3.63) is 23.8 Å². The molecular formula is C16H25NO3. The SMILES string of the molecule is CCNC(C)c1ccc(OC)cc1OCC1CCCO1. The molecule has 0 spiro atoms. The van der Waals surface area contributed by atoms with Gasteiger partial charge in [0.15, 0.2) is 0 Å². The molecule has 1 aliphatic heterocycles. The van der Waals surface area contributed by atoms with Gasteiger partial charge in [0.2, 0.25) is 0 Å². The topological polar surface area (TPSA) is 39.7 Å². The third kappa shape index (κ3) is 3.87. The molecule has 1 heterocycles. The van der Waals surface area contributed by atoms with Crippen LogP contribution in [0.3, 0.4) is 0 Å². The molecule has 0 bridgehead atoms. The lowest BCUT2D eigenvalue weighted by molar-refractivity contribution is 0.0673. The van der Waals surface area contributed by atoms with Crippen LogP contribution in [0.5, 0.6) is 11.5 Å². The van der Waals surface area contributed by atoms with Crippen LogP contribution in [0.4, 0.5) is 0 Å². The Hall–Kier alpha value is -1.26. The second-order valence-corrected chi connectivity index (χ2v) is 5.13. The highest BCUT2D eigenvalue weighted by Crippen LogP contribution is 2.30. The molecule has 1 aliphatic rings. The highest BCUT2D eigenvalue weighted by molar-refractivity contribution is 5.42. The zero-order chi connectivity index (χ0) is 14.4. The van der Waals surface area contributed by atoms with Crippen molar-refractivity contribution in [1.82, 2.24) is 5.32 Å². The van der Waals surface area contributed by atoms with Gasteiger partial charge in [-0.05, 0) is 32.4 Å². The lowest BCUT2D eigenvalue weighted by atomic mass is 10.1. The predicted octanol–water partition coefficient (Wildman–Crippen LogP) is 2.92. The summed E-state index contributed by atoms with van der Waals surface area (Å²) in [7, 11) is 1.67. The zero-order valence-electron chi connectivity index (χ0n) is 12.6. The van der Waals surface area contributed by atoms with Crippen molar-refractivity contribution in [3.8, 4) is 11.5 Å². The van der Waals surface area contributed by atoms with E-state index >= 15 is 0 Å². The Labute approximate surface area is 121 Å². The summed E-state index contributed by atoms with van der Waals surface area (Å²) >= 11 is 0. The molecule has 1 fully saturated rings. The van der Waals surface area contributed by atoms with Gasteiger partial charge in [-0.1, -0.05) is 13.0 Å². The zero-order valence-corrected chi connectivity index (χ0v) is 12.6. The lowest BCUT2D eigenvalue weighted by Gasteiger charge is -2.20. The second-order valence-electron chi connectivity index (χ2n) is 5.13. The molecule has 0 aliphatic carbocycles. The van der Waals surface area contributed by atoms with Gasteiger partial charge in [0, 0.05) is 24.3 Å². The van der Waals surface area contributed by atoms with Gasteiger partial charge in [-0.25, -0.2) is 0 Å². The van der Waals surface area contributed by atoms with Gasteiger partial charge in [-0.15, -0.1) is 0 Å². The lowest BCUT2D eigenvalue weighted by Crippen LogP contribution is -2.21. The molecule has 0 aromatic heterocycles. The molecule has 1 aromatic rings. The van der Waals surface area contributed by atoms with E-state index in [4.69, 9.17) is 14.2 Å². The third-order valence-corrected chi connectivity index (χ3v) is 3.65. The summed E-state index contributed by atoms with van der Waals surface area (Å²) in [6, 6.07) is 6.25. The molecular weight excluding hydrogens is 254 g/mol. The molecule has 0 amide bonds. The van der Waals surface area contributed by atoms with Gasteiger partial charge in [-0.3, -0.25) is 0 Å². The van der Waals surface area contributed by atoms with Gasteiger partial charge in [0.05, 0.1) is 13.2 Å². The van der Waals surface area contributed by atoms with Crippen molar-refractivity contribution in [2.75, 3.05) is 26.9 Å². The quantitative estimate of drug-likeness (QED) is 0.833. The molecule has 112 valence electrons. The van der Waals surface area contributed by atoms with Crippen molar-refractivity contribution in [1.29, 1.82) is 0 Å². The highest BCUT2D eigenvalue weighted by atomic mass is 16.5. The molecule has 4 nitrogen and oxygen atoms in total. The van der Waals surface area contributed by atoms with Gasteiger partial charge >= 0.3 is 0 Å². The molecule has 1 N–H and O–H groups in total. The number of hydrogen-bond acceptors (Lipinski definition) is 4. The van der Waals surface area contributed by atoms with Crippen LogP contribution in [0.15, 0.2) is 18.2 Å². The Morgan fingerprint density at radius 3 is 2.95 bits per heavy atom. The van der Waals surface area contributed by atoms with Crippen LogP contribution < -0.4 is 14.8 Å². The van der Waals surface area contributed by atoms with E-state index < -0.39 is 0 Å². The minimum Gasteiger partial charge on any atom is -0.497 e. The number of methoxy groups -OCH3 is 1. The van der Waals surface area contributed by atoms with Crippen LogP contribution in [-0.2, 0) is 4.74 Å². The Morgan fingerprint density at radius 2 is 2.30 bits per heavy atom. The first kappa shape index (κ1) is 15.1. The summed E-state index contributed by atoms with van der Waals surface area (Å²) in [6.07, 6.45) is 2.44. The molecule has 20 heavy (non-hydrogen) atoms. The van der Waals surface area contributed by atoms with Crippen LogP contribution in [-0.4, -0.2) is 33.0 Å². The van der Waals surface area contributed by atoms with E-state index in [-0.39, 0.29) is 12.1 Å². The van der Waals surface area contributed by atoms with Crippen molar-refractivity contribution < 1.29 is 14.2 Å². The van der Waals surface area contributed by atoms with E-state index in [1.54, 1.807) is 7.11 Å². The Balaban J connectivity index is 2.09. The van der Waals surface area contributed by atoms with E-state index in [2.05, 4.69) is 25.2 Å². The molecule has 4 heteroatoms. The van der Waals surface area contributed by atoms with Crippen molar-refractivity contribution in [3.63, 3.8) is 0 Å². The average molecular weight is 279 g/mol. The molecule has 0 radical (unpaired) electrons. The Morgan fingerprint density at radius 1 is 1.45 bits per heavy atom. The van der Waals surface area contributed by atoms with Crippen molar-refractivity contribution in [2.45, 2.75) is 38.8 Å². The van der Waals surface area contributed by atoms with Crippen LogP contribution in [0.2, 0.25) is 0 Å². The average Bonchev–Trinajstić information content (AvgIpc) is 2.98. The molecule has 1 saturated heterocycles. The summed E-state index contributed by atoms with van der Waals surface area (Å²) in [5, 5.41) is 3.42. The number of ether oxygens (including phenoxy) is 3. The molecule has 2 atom stereocenters. The van der Waals surface area contributed by atoms with E-state index in [1.807, 2.05) is 12.1 Å². The summed E-state index contributed by atoms with van der Waals surface area (Å²) in [5.74, 6) is 1.70. The second kappa shape index (κ2) is 7.50. The predicted molar refractivity (Wildman–Crippen MR) is 79.6 cm³/mol. The molecule has 2 unspecified atom stereocenters. The van der Waals surface area contributed by atoms with E-state index in [9.17, 15) is 0 Å². The summed E-state index contributed by atoms with van der Waals surface area (Å²) in [4.78, 5) is 0. The minimum absolute atomic E-state index is 0.225. The smallest absolute Gasteiger partial charge is 0.127 e. The largest absolute Gasteiger partial charge is 0.497 e. The number of nitrogens with one attached hydrogen (secondary N) is 1. The van der Waals surface area contributed by atoms with Crippen LogP contribution in [0.1, 0.15) is 38.3 Å². The van der Waals surface area contributed by atoms with Crippen LogP contribution in [0, 0.1) is 0 Å². The van der Waals surface area contributed by atoms with E-state index in [0.29, 0.717) is 6.61 Å². The molecule has 2 rings (SSSR count). The van der Waals surface area contributed by atoms with Gasteiger partial charge < -0.3 is 19.5 Å². The first-order valence-electron chi connectivity index (χ1n) is 7.40. The summed E-state index contributed by atoms with van der Waals surface area (Å²) < 4.78 is 16.9. The van der Waals surface area contributed by atoms with E-state index in [0.717, 1.165) is 43.1 Å². The van der Waals surface area contributed by atoms with Crippen molar-refractivity contribution in [2.24, 2.45) is 0 Å². The number of benzene rings is 1. The normalized spacial score (nSPS) is 19.9. The fourth-order valence-electron chi connectivity index (χ4n) is 2.50. The number of hydrogen-bond donors (Lipinski definition) is 1. The van der Waals surface area contributed by atoms with Crippen LogP contribution in [0.25, 0.3) is 0 Å². The fourth-order valence-corrected chi connectivity index (χ4v) is 2.50. The van der Waals surface area contributed by atoms with Crippen LogP contribution >= 0.6 is 0 Å². The maximum Gasteiger partial charge on any atom is 0.127 e. The standard InChI is InChI=1S/C16H25NO3/c1-4-17-12(2)15-8-7-13(18-3)10-16(15)20-11-14-6-5-9-19-14/h7-8,10,12,14,17H,4-6,9,11H2,1-3H3. The van der Waals surface area contributed by atoms with Gasteiger partial charge in [0.1, 0.15) is 18.1 Å². The number of rotatable bonds is 7. The third-order valence-electron chi connectivity index (χ3n) is 3.65.